The molecule has 0 amide bonds. The highest BCUT2D eigenvalue weighted by molar-refractivity contribution is 6.05. The molecule has 1 atom stereocenters. The largest absolute Gasteiger partial charge is 0.454 e. The van der Waals surface area contributed by atoms with Crippen LogP contribution in [0.4, 0.5) is 24.5 Å². The number of piperazine rings is 1. The van der Waals surface area contributed by atoms with Crippen LogP contribution in [-0.2, 0) is 0 Å². The molecule has 0 aliphatic carbocycles. The summed E-state index contributed by atoms with van der Waals surface area (Å²) < 4.78 is 39.1. The van der Waals surface area contributed by atoms with Crippen LogP contribution in [0.3, 0.4) is 0 Å². The van der Waals surface area contributed by atoms with Gasteiger partial charge in [-0.3, -0.25) is 4.79 Å². The molecular formula is C20H23ClF3N3O. The van der Waals surface area contributed by atoms with E-state index in [2.05, 4.69) is 15.5 Å². The van der Waals surface area contributed by atoms with Crippen molar-refractivity contribution in [2.45, 2.75) is 19.1 Å². The van der Waals surface area contributed by atoms with E-state index in [4.69, 9.17) is 0 Å². The van der Waals surface area contributed by atoms with E-state index in [0.29, 0.717) is 0 Å². The molecule has 4 nitrogen and oxygen atoms in total. The summed E-state index contributed by atoms with van der Waals surface area (Å²) in [5.41, 5.74) is 1.57. The topological polar surface area (TPSA) is 44.4 Å². The summed E-state index contributed by atoms with van der Waals surface area (Å²) in [6.07, 6.45) is -4.91. The van der Waals surface area contributed by atoms with Gasteiger partial charge in [0.2, 0.25) is 0 Å². The van der Waals surface area contributed by atoms with Crippen LogP contribution in [0.5, 0.6) is 0 Å². The van der Waals surface area contributed by atoms with E-state index < -0.39 is 12.0 Å². The Morgan fingerprint density at radius 1 is 1.11 bits per heavy atom. The summed E-state index contributed by atoms with van der Waals surface area (Å²) >= 11 is 0. The van der Waals surface area contributed by atoms with Crippen molar-refractivity contribution in [3.63, 3.8) is 0 Å². The van der Waals surface area contributed by atoms with E-state index in [1.165, 1.54) is 6.07 Å². The standard InChI is InChI=1S/C20H22F3N3O.ClH/c1-14(15-5-3-2-4-6-15)25-18-13-16(26-11-9-24-10-12-26)7-8-17(18)19(27)20(21,22)23;/h2-8,13-14,24-25H,9-12H2,1H3;1H/t14-;/m0./s1. The number of nitrogens with zero attached hydrogens (tertiary/aromatic N) is 1. The number of carbonyl (C=O) groups is 1. The fourth-order valence-corrected chi connectivity index (χ4v) is 3.18. The highest BCUT2D eigenvalue weighted by Crippen LogP contribution is 2.32. The summed E-state index contributed by atoms with van der Waals surface area (Å²) in [7, 11) is 0. The van der Waals surface area contributed by atoms with E-state index >= 15 is 0 Å². The lowest BCUT2D eigenvalue weighted by atomic mass is 10.0. The van der Waals surface area contributed by atoms with Gasteiger partial charge in [0.05, 0.1) is 5.56 Å². The van der Waals surface area contributed by atoms with Crippen LogP contribution < -0.4 is 15.5 Å². The predicted octanol–water partition coefficient (Wildman–Crippen LogP) is 4.44. The smallest absolute Gasteiger partial charge is 0.378 e. The van der Waals surface area contributed by atoms with Crippen molar-refractivity contribution in [2.24, 2.45) is 0 Å². The Morgan fingerprint density at radius 2 is 1.75 bits per heavy atom. The van der Waals surface area contributed by atoms with E-state index in [1.807, 2.05) is 37.3 Å². The van der Waals surface area contributed by atoms with Gasteiger partial charge in [0, 0.05) is 43.6 Å². The summed E-state index contributed by atoms with van der Waals surface area (Å²) in [4.78, 5) is 14.0. The number of benzene rings is 2. The molecule has 0 bridgehead atoms. The van der Waals surface area contributed by atoms with Gasteiger partial charge in [0.1, 0.15) is 0 Å². The monoisotopic (exact) mass is 413 g/mol. The van der Waals surface area contributed by atoms with Gasteiger partial charge >= 0.3 is 6.18 Å². The number of alkyl halides is 3. The number of carbonyl (C=O) groups excluding carboxylic acids is 1. The lowest BCUT2D eigenvalue weighted by molar-refractivity contribution is -0.0884. The molecule has 0 spiro atoms. The van der Waals surface area contributed by atoms with Crippen molar-refractivity contribution < 1.29 is 18.0 Å². The lowest BCUT2D eigenvalue weighted by Crippen LogP contribution is -2.43. The second-order valence-electron chi connectivity index (χ2n) is 6.57. The van der Waals surface area contributed by atoms with Crippen LogP contribution in [0.25, 0.3) is 0 Å². The highest BCUT2D eigenvalue weighted by atomic mass is 35.5. The molecule has 2 aromatic carbocycles. The Balaban J connectivity index is 0.00000280. The van der Waals surface area contributed by atoms with E-state index in [9.17, 15) is 18.0 Å². The van der Waals surface area contributed by atoms with Gasteiger partial charge in [0.15, 0.2) is 0 Å². The zero-order chi connectivity index (χ0) is 19.4. The average Bonchev–Trinajstić information content (AvgIpc) is 2.68. The van der Waals surface area contributed by atoms with Crippen molar-refractivity contribution in [3.8, 4) is 0 Å². The van der Waals surface area contributed by atoms with Gasteiger partial charge in [0.25, 0.3) is 5.78 Å². The first-order valence-corrected chi connectivity index (χ1v) is 8.89. The molecule has 28 heavy (non-hydrogen) atoms. The van der Waals surface area contributed by atoms with Gasteiger partial charge < -0.3 is 15.5 Å². The Hall–Kier alpha value is -2.25. The van der Waals surface area contributed by atoms with Gasteiger partial charge in [-0.2, -0.15) is 13.2 Å². The van der Waals surface area contributed by atoms with Crippen LogP contribution >= 0.6 is 12.4 Å². The van der Waals surface area contributed by atoms with Crippen LogP contribution in [0.2, 0.25) is 0 Å². The summed E-state index contributed by atoms with van der Waals surface area (Å²) in [6, 6.07) is 13.6. The Morgan fingerprint density at radius 3 is 2.36 bits per heavy atom. The molecule has 0 saturated carbocycles. The van der Waals surface area contributed by atoms with E-state index in [1.54, 1.807) is 12.1 Å². The van der Waals surface area contributed by atoms with E-state index in [-0.39, 0.29) is 29.7 Å². The molecule has 0 aromatic heterocycles. The molecule has 1 saturated heterocycles. The molecule has 1 heterocycles. The molecule has 8 heteroatoms. The number of nitrogens with one attached hydrogen (secondary N) is 2. The molecule has 3 rings (SSSR count). The lowest BCUT2D eigenvalue weighted by Gasteiger charge is -2.30. The summed E-state index contributed by atoms with van der Waals surface area (Å²) in [6.45, 7) is 5.01. The maximum absolute atomic E-state index is 13.0. The Kier molecular flexibility index (Phi) is 7.32. The fraction of sp³-hybridized carbons (Fsp3) is 0.350. The fourth-order valence-electron chi connectivity index (χ4n) is 3.18. The molecule has 1 fully saturated rings. The van der Waals surface area contributed by atoms with E-state index in [0.717, 1.165) is 37.4 Å². The van der Waals surface area contributed by atoms with Gasteiger partial charge in [-0.1, -0.05) is 30.3 Å². The quantitative estimate of drug-likeness (QED) is 0.711. The average molecular weight is 414 g/mol. The maximum atomic E-state index is 13.0. The minimum atomic E-state index is -4.91. The SMILES string of the molecule is C[C@H](Nc1cc(N2CCNCC2)ccc1C(=O)C(F)(F)F)c1ccccc1.Cl. The number of anilines is 2. The minimum Gasteiger partial charge on any atom is -0.378 e. The third-order valence-corrected chi connectivity index (χ3v) is 4.66. The molecule has 152 valence electrons. The first-order chi connectivity index (χ1) is 12.9. The van der Waals surface area contributed by atoms with Crippen molar-refractivity contribution in [3.05, 3.63) is 59.7 Å². The van der Waals surface area contributed by atoms with Gasteiger partial charge in [-0.05, 0) is 30.7 Å². The van der Waals surface area contributed by atoms with Crippen molar-refractivity contribution in [1.82, 2.24) is 5.32 Å². The first-order valence-electron chi connectivity index (χ1n) is 8.89. The number of hydrogen-bond donors (Lipinski definition) is 2. The number of ketones is 1. The number of rotatable bonds is 5. The zero-order valence-electron chi connectivity index (χ0n) is 15.4. The van der Waals surface area contributed by atoms with Crippen LogP contribution in [-0.4, -0.2) is 38.1 Å². The molecule has 0 radical (unpaired) electrons. The van der Waals surface area contributed by atoms with Gasteiger partial charge in [-0.25, -0.2) is 0 Å². The van der Waals surface area contributed by atoms with Crippen molar-refractivity contribution >= 4 is 29.6 Å². The summed E-state index contributed by atoms with van der Waals surface area (Å²) in [5, 5.41) is 6.34. The third kappa shape index (κ3) is 5.17. The molecule has 1 aliphatic rings. The number of hydrogen-bond acceptors (Lipinski definition) is 4. The Labute approximate surface area is 168 Å². The molecule has 1 aliphatic heterocycles. The van der Waals surface area contributed by atoms with Crippen LogP contribution in [0.15, 0.2) is 48.5 Å². The second-order valence-corrected chi connectivity index (χ2v) is 6.57. The predicted molar refractivity (Wildman–Crippen MR) is 108 cm³/mol. The normalized spacial score (nSPS) is 15.5. The number of Topliss-reactive ketones (excluding diaryl/α,β-unsaturated/α-hetero) is 1. The summed E-state index contributed by atoms with van der Waals surface area (Å²) in [5.74, 6) is -1.84. The van der Waals surface area contributed by atoms with Crippen molar-refractivity contribution in [2.75, 3.05) is 36.4 Å². The second kappa shape index (κ2) is 9.30. The molecule has 2 aromatic rings. The highest BCUT2D eigenvalue weighted by Gasteiger charge is 2.40. The molecule has 2 N–H and O–H groups in total. The maximum Gasteiger partial charge on any atom is 0.454 e. The van der Waals surface area contributed by atoms with Crippen LogP contribution in [0.1, 0.15) is 28.9 Å². The third-order valence-electron chi connectivity index (χ3n) is 4.66. The van der Waals surface area contributed by atoms with Gasteiger partial charge in [-0.15, -0.1) is 12.4 Å². The molecule has 0 unspecified atom stereocenters. The van der Waals surface area contributed by atoms with Crippen LogP contribution in [0, 0.1) is 0 Å². The minimum absolute atomic E-state index is 0. The number of halogens is 4. The van der Waals surface area contributed by atoms with Crippen molar-refractivity contribution in [1.29, 1.82) is 0 Å². The Bertz CT molecular complexity index is 793. The molecular weight excluding hydrogens is 391 g/mol. The zero-order valence-corrected chi connectivity index (χ0v) is 16.2. The first kappa shape index (κ1) is 22.0.